The van der Waals surface area contributed by atoms with Crippen molar-refractivity contribution in [3.05, 3.63) is 35.2 Å². The lowest BCUT2D eigenvalue weighted by Gasteiger charge is -2.14. The molecule has 1 aliphatic heterocycles. The number of hydrogen-bond acceptors (Lipinski definition) is 5. The summed E-state index contributed by atoms with van der Waals surface area (Å²) >= 11 is 1.45. The highest BCUT2D eigenvalue weighted by molar-refractivity contribution is 7.99. The number of carbonyl (C=O) groups is 1. The maximum Gasteiger partial charge on any atom is 0.234 e. The molecule has 1 saturated carbocycles. The second-order valence-corrected chi connectivity index (χ2v) is 8.52. The third kappa shape index (κ3) is 4.71. The van der Waals surface area contributed by atoms with E-state index in [1.54, 1.807) is 0 Å². The predicted molar refractivity (Wildman–Crippen MR) is 106 cm³/mol. The van der Waals surface area contributed by atoms with Crippen molar-refractivity contribution >= 4 is 23.4 Å². The molecule has 2 aliphatic rings. The molecule has 1 aliphatic carbocycles. The molecule has 1 aromatic carbocycles. The number of anilines is 1. The van der Waals surface area contributed by atoms with Crippen LogP contribution in [-0.4, -0.2) is 39.1 Å². The molecule has 6 nitrogen and oxygen atoms in total. The molecule has 0 bridgehead atoms. The fourth-order valence-electron chi connectivity index (χ4n) is 3.59. The number of nitrogens with one attached hydrogen (secondary N) is 1. The van der Waals surface area contributed by atoms with Gasteiger partial charge in [-0.05, 0) is 62.8 Å². The first-order valence-corrected chi connectivity index (χ1v) is 10.6. The van der Waals surface area contributed by atoms with Crippen LogP contribution in [0.15, 0.2) is 23.4 Å². The monoisotopic (exact) mass is 386 g/mol. The van der Waals surface area contributed by atoms with Crippen LogP contribution in [0.4, 0.5) is 5.69 Å². The first-order valence-electron chi connectivity index (χ1n) is 9.64. The zero-order valence-corrected chi connectivity index (χ0v) is 16.7. The Labute approximate surface area is 164 Å². The number of carbonyl (C=O) groups excluding carboxylic acids is 1. The Morgan fingerprint density at radius 1 is 1.22 bits per heavy atom. The molecule has 27 heavy (non-hydrogen) atoms. The number of ether oxygens (including phenoxy) is 1. The second kappa shape index (κ2) is 8.02. The molecule has 1 aromatic heterocycles. The van der Waals surface area contributed by atoms with Gasteiger partial charge in [0.2, 0.25) is 5.91 Å². The molecule has 2 aromatic rings. The third-order valence-electron chi connectivity index (χ3n) is 4.94. The van der Waals surface area contributed by atoms with Gasteiger partial charge in [-0.1, -0.05) is 17.8 Å². The smallest absolute Gasteiger partial charge is 0.234 e. The summed E-state index contributed by atoms with van der Waals surface area (Å²) in [6.07, 6.45) is 4.80. The summed E-state index contributed by atoms with van der Waals surface area (Å²) in [6, 6.07) is 6.07. The van der Waals surface area contributed by atoms with Crippen molar-refractivity contribution in [1.82, 2.24) is 14.8 Å². The summed E-state index contributed by atoms with van der Waals surface area (Å²) in [5.74, 6) is 1.88. The Balaban J connectivity index is 1.40. The minimum atomic E-state index is -0.0235. The molecule has 1 atom stereocenters. The predicted octanol–water partition coefficient (Wildman–Crippen LogP) is 3.68. The number of aryl methyl sites for hydroxylation is 2. The van der Waals surface area contributed by atoms with Crippen LogP contribution in [0, 0.1) is 13.8 Å². The molecule has 144 valence electrons. The zero-order valence-electron chi connectivity index (χ0n) is 15.9. The van der Waals surface area contributed by atoms with Crippen molar-refractivity contribution in [2.24, 2.45) is 0 Å². The molecule has 4 rings (SSSR count). The van der Waals surface area contributed by atoms with Crippen molar-refractivity contribution < 1.29 is 9.53 Å². The maximum atomic E-state index is 12.4. The molecule has 1 N–H and O–H groups in total. The van der Waals surface area contributed by atoms with Crippen LogP contribution in [0.2, 0.25) is 0 Å². The Morgan fingerprint density at radius 2 is 2.00 bits per heavy atom. The molecule has 1 saturated heterocycles. The van der Waals surface area contributed by atoms with Crippen LogP contribution in [0.5, 0.6) is 0 Å². The van der Waals surface area contributed by atoms with Crippen molar-refractivity contribution in [2.45, 2.75) is 63.3 Å². The van der Waals surface area contributed by atoms with Crippen LogP contribution in [-0.2, 0) is 16.1 Å². The van der Waals surface area contributed by atoms with Gasteiger partial charge in [0.05, 0.1) is 18.4 Å². The van der Waals surface area contributed by atoms with E-state index in [-0.39, 0.29) is 12.0 Å². The van der Waals surface area contributed by atoms with E-state index in [0.717, 1.165) is 53.8 Å². The number of thioether (sulfide) groups is 1. The second-order valence-electron chi connectivity index (χ2n) is 7.57. The molecule has 0 radical (unpaired) electrons. The largest absolute Gasteiger partial charge is 0.376 e. The first-order chi connectivity index (χ1) is 13.1. The fraction of sp³-hybridized carbons (Fsp3) is 0.550. The summed E-state index contributed by atoms with van der Waals surface area (Å²) in [4.78, 5) is 12.4. The maximum absolute atomic E-state index is 12.4. The summed E-state index contributed by atoms with van der Waals surface area (Å²) in [5.41, 5.74) is 3.13. The normalized spacial score (nSPS) is 19.4. The van der Waals surface area contributed by atoms with Crippen molar-refractivity contribution in [3.8, 4) is 0 Å². The van der Waals surface area contributed by atoms with Gasteiger partial charge < -0.3 is 14.6 Å². The topological polar surface area (TPSA) is 69.0 Å². The molecular weight excluding hydrogens is 360 g/mol. The average Bonchev–Trinajstić information content (AvgIpc) is 3.17. The Morgan fingerprint density at radius 3 is 2.67 bits per heavy atom. The van der Waals surface area contributed by atoms with Crippen LogP contribution >= 0.6 is 11.8 Å². The van der Waals surface area contributed by atoms with Gasteiger partial charge in [-0.25, -0.2) is 0 Å². The van der Waals surface area contributed by atoms with Crippen LogP contribution in [0.3, 0.4) is 0 Å². The average molecular weight is 387 g/mol. The molecule has 7 heteroatoms. The number of hydrogen-bond donors (Lipinski definition) is 1. The summed E-state index contributed by atoms with van der Waals surface area (Å²) in [5, 5.41) is 12.6. The van der Waals surface area contributed by atoms with Crippen molar-refractivity contribution in [2.75, 3.05) is 17.7 Å². The van der Waals surface area contributed by atoms with Gasteiger partial charge in [0.15, 0.2) is 5.16 Å². The first kappa shape index (κ1) is 18.5. The number of amides is 1. The Bertz CT molecular complexity index is 805. The Kier molecular flexibility index (Phi) is 5.50. The third-order valence-corrected chi connectivity index (χ3v) is 5.90. The molecule has 0 spiro atoms. The highest BCUT2D eigenvalue weighted by Gasteiger charge is 2.32. The lowest BCUT2D eigenvalue weighted by molar-refractivity contribution is -0.113. The van der Waals surface area contributed by atoms with Gasteiger partial charge in [0.25, 0.3) is 0 Å². The highest BCUT2D eigenvalue weighted by Crippen LogP contribution is 2.40. The number of nitrogens with zero attached hydrogens (tertiary/aromatic N) is 3. The number of benzene rings is 1. The van der Waals surface area contributed by atoms with Gasteiger partial charge in [0.1, 0.15) is 5.82 Å². The quantitative estimate of drug-likeness (QED) is 0.735. The molecule has 0 unspecified atom stereocenters. The van der Waals surface area contributed by atoms with Gasteiger partial charge in [0, 0.05) is 18.2 Å². The standard InChI is InChI=1S/C20H26N4O2S/c1-13-8-14(2)10-16(9-13)21-18(25)12-27-20-23-22-19(15-5-6-15)24(20)11-17-4-3-7-26-17/h8-10,15,17H,3-7,11-12H2,1-2H3,(H,21,25)/t17-/m1/s1. The van der Waals surface area contributed by atoms with E-state index in [1.165, 1.54) is 24.6 Å². The molecule has 1 amide bonds. The van der Waals surface area contributed by atoms with E-state index in [0.29, 0.717) is 11.7 Å². The van der Waals surface area contributed by atoms with Crippen LogP contribution < -0.4 is 5.32 Å². The minimum Gasteiger partial charge on any atom is -0.376 e. The molecule has 2 heterocycles. The summed E-state index contributed by atoms with van der Waals surface area (Å²) < 4.78 is 7.98. The van der Waals surface area contributed by atoms with E-state index in [2.05, 4.69) is 26.1 Å². The van der Waals surface area contributed by atoms with E-state index in [9.17, 15) is 4.79 Å². The van der Waals surface area contributed by atoms with Gasteiger partial charge >= 0.3 is 0 Å². The van der Waals surface area contributed by atoms with Gasteiger partial charge in [-0.2, -0.15) is 0 Å². The summed E-state index contributed by atoms with van der Waals surface area (Å²) in [6.45, 7) is 5.70. The van der Waals surface area contributed by atoms with E-state index < -0.39 is 0 Å². The zero-order chi connectivity index (χ0) is 18.8. The number of aromatic nitrogens is 3. The number of rotatable bonds is 7. The van der Waals surface area contributed by atoms with Crippen LogP contribution in [0.1, 0.15) is 48.6 Å². The van der Waals surface area contributed by atoms with Crippen molar-refractivity contribution in [1.29, 1.82) is 0 Å². The molecule has 2 fully saturated rings. The van der Waals surface area contributed by atoms with E-state index in [1.807, 2.05) is 26.0 Å². The van der Waals surface area contributed by atoms with E-state index in [4.69, 9.17) is 4.74 Å². The van der Waals surface area contributed by atoms with E-state index >= 15 is 0 Å². The lowest BCUT2D eigenvalue weighted by atomic mass is 10.1. The summed E-state index contributed by atoms with van der Waals surface area (Å²) in [7, 11) is 0. The van der Waals surface area contributed by atoms with Crippen molar-refractivity contribution in [3.63, 3.8) is 0 Å². The fourth-order valence-corrected chi connectivity index (χ4v) is 4.34. The lowest BCUT2D eigenvalue weighted by Crippen LogP contribution is -2.19. The highest BCUT2D eigenvalue weighted by atomic mass is 32.2. The van der Waals surface area contributed by atoms with Crippen LogP contribution in [0.25, 0.3) is 0 Å². The molecular formula is C20H26N4O2S. The Hall–Kier alpha value is -1.86. The SMILES string of the molecule is Cc1cc(C)cc(NC(=O)CSc2nnc(C3CC3)n2C[C@H]2CCCO2)c1. The van der Waals surface area contributed by atoms with Gasteiger partial charge in [-0.3, -0.25) is 4.79 Å². The minimum absolute atomic E-state index is 0.0235. The van der Waals surface area contributed by atoms with Gasteiger partial charge in [-0.15, -0.1) is 10.2 Å².